The summed E-state index contributed by atoms with van der Waals surface area (Å²) in [6, 6.07) is 19.9. The van der Waals surface area contributed by atoms with Gasteiger partial charge in [-0.25, -0.2) is 4.68 Å². The van der Waals surface area contributed by atoms with Crippen molar-refractivity contribution in [1.82, 2.24) is 20.0 Å². The Balaban J connectivity index is 1.21. The summed E-state index contributed by atoms with van der Waals surface area (Å²) in [5, 5.41) is 11.0. The Hall–Kier alpha value is -3.45. The molecule has 0 unspecified atom stereocenters. The van der Waals surface area contributed by atoms with Crippen molar-refractivity contribution in [3.05, 3.63) is 77.5 Å². The minimum atomic E-state index is -0.0806. The van der Waals surface area contributed by atoms with Crippen molar-refractivity contribution in [2.24, 2.45) is 0 Å². The van der Waals surface area contributed by atoms with E-state index in [0.29, 0.717) is 29.9 Å². The Labute approximate surface area is 206 Å². The van der Waals surface area contributed by atoms with Crippen molar-refractivity contribution >= 4 is 17.6 Å². The fourth-order valence-corrected chi connectivity index (χ4v) is 4.73. The Morgan fingerprint density at radius 1 is 1.00 bits per heavy atom. The smallest absolute Gasteiger partial charge is 0.251 e. The summed E-state index contributed by atoms with van der Waals surface area (Å²) in [4.78, 5) is 27.1. The van der Waals surface area contributed by atoms with Crippen LogP contribution in [0.3, 0.4) is 0 Å². The first kappa shape index (κ1) is 23.3. The molecule has 2 aliphatic rings. The van der Waals surface area contributed by atoms with E-state index >= 15 is 0 Å². The van der Waals surface area contributed by atoms with Crippen molar-refractivity contribution < 1.29 is 9.59 Å². The first-order valence-electron chi connectivity index (χ1n) is 12.6. The van der Waals surface area contributed by atoms with Crippen LogP contribution in [-0.4, -0.2) is 46.1 Å². The predicted molar refractivity (Wildman–Crippen MR) is 137 cm³/mol. The normalized spacial score (nSPS) is 15.9. The lowest BCUT2D eigenvalue weighted by atomic mass is 10.0. The number of anilines is 1. The molecule has 5 rings (SSSR count). The van der Waals surface area contributed by atoms with Gasteiger partial charge in [0.25, 0.3) is 5.91 Å². The number of carbonyl (C=O) groups excluding carboxylic acids is 2. The molecule has 2 amide bonds. The third kappa shape index (κ3) is 5.98. The van der Waals surface area contributed by atoms with Gasteiger partial charge in [0.05, 0.1) is 17.9 Å². The highest BCUT2D eigenvalue weighted by molar-refractivity contribution is 5.94. The summed E-state index contributed by atoms with van der Waals surface area (Å²) in [5.74, 6) is 1.08. The van der Waals surface area contributed by atoms with Crippen LogP contribution in [0, 0.1) is 0 Å². The third-order valence-electron chi connectivity index (χ3n) is 6.76. The van der Waals surface area contributed by atoms with Crippen molar-refractivity contribution in [1.29, 1.82) is 0 Å². The van der Waals surface area contributed by atoms with Gasteiger partial charge < -0.3 is 10.6 Å². The maximum absolute atomic E-state index is 12.9. The van der Waals surface area contributed by atoms with Crippen molar-refractivity contribution in [2.45, 2.75) is 57.0 Å². The molecule has 3 aromatic rings. The number of nitrogens with zero attached hydrogens (tertiary/aromatic N) is 3. The Morgan fingerprint density at radius 2 is 1.71 bits per heavy atom. The van der Waals surface area contributed by atoms with Crippen LogP contribution in [0.2, 0.25) is 0 Å². The summed E-state index contributed by atoms with van der Waals surface area (Å²) >= 11 is 0. The first-order chi connectivity index (χ1) is 17.0. The van der Waals surface area contributed by atoms with Gasteiger partial charge in [-0.15, -0.1) is 0 Å². The fourth-order valence-electron chi connectivity index (χ4n) is 4.73. The molecule has 0 saturated heterocycles. The van der Waals surface area contributed by atoms with Crippen molar-refractivity contribution in [3.63, 3.8) is 0 Å². The highest BCUT2D eigenvalue weighted by Crippen LogP contribution is 2.35. The van der Waals surface area contributed by atoms with E-state index in [0.717, 1.165) is 42.6 Å². The summed E-state index contributed by atoms with van der Waals surface area (Å²) in [6.45, 7) is 0.867. The SMILES string of the molecule is CN(CC(=O)Nc1cc(C2CCCC2)nn1-c1ccccc1)Cc1ccc(C(=O)NC2CC2)cc1. The maximum atomic E-state index is 12.9. The Kier molecular flexibility index (Phi) is 6.95. The van der Waals surface area contributed by atoms with Crippen LogP contribution in [0.4, 0.5) is 5.82 Å². The maximum Gasteiger partial charge on any atom is 0.251 e. The van der Waals surface area contributed by atoms with Gasteiger partial charge in [0, 0.05) is 30.1 Å². The monoisotopic (exact) mass is 471 g/mol. The van der Waals surface area contributed by atoms with E-state index in [1.54, 1.807) is 0 Å². The number of para-hydroxylation sites is 1. The van der Waals surface area contributed by atoms with Crippen LogP contribution >= 0.6 is 0 Å². The van der Waals surface area contributed by atoms with Gasteiger partial charge in [-0.1, -0.05) is 43.2 Å². The predicted octanol–water partition coefficient (Wildman–Crippen LogP) is 4.49. The number of aromatic nitrogens is 2. The summed E-state index contributed by atoms with van der Waals surface area (Å²) in [5.41, 5.74) is 3.72. The number of amides is 2. The van der Waals surface area contributed by atoms with Crippen molar-refractivity contribution in [2.75, 3.05) is 18.9 Å². The van der Waals surface area contributed by atoms with Gasteiger partial charge in [0.15, 0.2) is 0 Å². The van der Waals surface area contributed by atoms with Crippen LogP contribution in [-0.2, 0) is 11.3 Å². The van der Waals surface area contributed by atoms with Gasteiger partial charge >= 0.3 is 0 Å². The number of nitrogens with one attached hydrogen (secondary N) is 2. The molecule has 2 aliphatic carbocycles. The molecule has 0 bridgehead atoms. The summed E-state index contributed by atoms with van der Waals surface area (Å²) < 4.78 is 1.84. The lowest BCUT2D eigenvalue weighted by Gasteiger charge is -2.17. The molecule has 182 valence electrons. The van der Waals surface area contributed by atoms with E-state index in [9.17, 15) is 9.59 Å². The molecule has 2 saturated carbocycles. The summed E-state index contributed by atoms with van der Waals surface area (Å²) in [6.07, 6.45) is 6.93. The number of hydrogen-bond donors (Lipinski definition) is 2. The molecule has 1 heterocycles. The van der Waals surface area contributed by atoms with Crippen LogP contribution in [0.25, 0.3) is 5.69 Å². The summed E-state index contributed by atoms with van der Waals surface area (Å²) in [7, 11) is 1.92. The largest absolute Gasteiger partial charge is 0.349 e. The molecule has 7 heteroatoms. The first-order valence-corrected chi connectivity index (χ1v) is 12.6. The number of hydrogen-bond acceptors (Lipinski definition) is 4. The van der Waals surface area contributed by atoms with E-state index in [1.807, 2.05) is 77.3 Å². The lowest BCUT2D eigenvalue weighted by Crippen LogP contribution is -2.30. The quantitative estimate of drug-likeness (QED) is 0.482. The van der Waals surface area contributed by atoms with Gasteiger partial charge in [-0.3, -0.25) is 14.5 Å². The molecular formula is C28H33N5O2. The van der Waals surface area contributed by atoms with E-state index in [1.165, 1.54) is 12.8 Å². The lowest BCUT2D eigenvalue weighted by molar-refractivity contribution is -0.117. The second kappa shape index (κ2) is 10.4. The molecule has 2 aromatic carbocycles. The zero-order valence-electron chi connectivity index (χ0n) is 20.2. The third-order valence-corrected chi connectivity index (χ3v) is 6.76. The number of carbonyl (C=O) groups is 2. The average molecular weight is 472 g/mol. The topological polar surface area (TPSA) is 79.3 Å². The minimum Gasteiger partial charge on any atom is -0.349 e. The van der Waals surface area contributed by atoms with Crippen LogP contribution in [0.1, 0.15) is 66.1 Å². The average Bonchev–Trinajstić information content (AvgIpc) is 3.32. The van der Waals surface area contributed by atoms with Gasteiger partial charge in [-0.05, 0) is 62.6 Å². The minimum absolute atomic E-state index is 0.0150. The van der Waals surface area contributed by atoms with Gasteiger partial charge in [0.2, 0.25) is 5.91 Å². The molecule has 0 aliphatic heterocycles. The van der Waals surface area contributed by atoms with Crippen LogP contribution in [0.15, 0.2) is 60.7 Å². The van der Waals surface area contributed by atoms with E-state index in [2.05, 4.69) is 10.6 Å². The molecule has 7 nitrogen and oxygen atoms in total. The number of benzene rings is 2. The van der Waals surface area contributed by atoms with Gasteiger partial charge in [-0.2, -0.15) is 5.10 Å². The molecule has 0 atom stereocenters. The van der Waals surface area contributed by atoms with E-state index in [-0.39, 0.29) is 18.4 Å². The van der Waals surface area contributed by atoms with Crippen LogP contribution < -0.4 is 10.6 Å². The highest BCUT2D eigenvalue weighted by Gasteiger charge is 2.24. The van der Waals surface area contributed by atoms with E-state index in [4.69, 9.17) is 5.10 Å². The Bertz CT molecular complexity index is 1160. The Morgan fingerprint density at radius 3 is 2.40 bits per heavy atom. The molecule has 1 aromatic heterocycles. The highest BCUT2D eigenvalue weighted by atomic mass is 16.2. The fraction of sp³-hybridized carbons (Fsp3) is 0.393. The molecule has 0 radical (unpaired) electrons. The zero-order valence-corrected chi connectivity index (χ0v) is 20.2. The number of rotatable bonds is 9. The molecule has 2 N–H and O–H groups in total. The second-order valence-corrected chi connectivity index (χ2v) is 9.85. The number of likely N-dealkylation sites (N-methyl/N-ethyl adjacent to an activating group) is 1. The molecule has 35 heavy (non-hydrogen) atoms. The molecular weight excluding hydrogens is 438 g/mol. The molecule has 2 fully saturated rings. The van der Waals surface area contributed by atoms with Gasteiger partial charge in [0.1, 0.15) is 5.82 Å². The second-order valence-electron chi connectivity index (χ2n) is 9.85. The van der Waals surface area contributed by atoms with E-state index < -0.39 is 0 Å². The molecule has 0 spiro atoms. The standard InChI is InChI=1S/C28H33N5O2/c1-32(18-20-11-13-22(14-12-20)28(35)29-23-15-16-23)19-27(34)30-26-17-25(21-7-5-6-8-21)31-33(26)24-9-3-2-4-10-24/h2-4,9-14,17,21,23H,5-8,15-16,18-19H2,1H3,(H,29,35)(H,30,34). The zero-order chi connectivity index (χ0) is 24.2. The van der Waals surface area contributed by atoms with Crippen molar-refractivity contribution in [3.8, 4) is 5.69 Å². The van der Waals surface area contributed by atoms with Crippen LogP contribution in [0.5, 0.6) is 0 Å².